The van der Waals surface area contributed by atoms with Gasteiger partial charge in [0.15, 0.2) is 5.11 Å². The number of para-hydroxylation sites is 1. The molecule has 6 nitrogen and oxygen atoms in total. The number of nitrogens with one attached hydrogen (secondary N) is 1. The molecule has 0 spiro atoms. The Morgan fingerprint density at radius 1 is 1.09 bits per heavy atom. The van der Waals surface area contributed by atoms with Crippen LogP contribution in [0.1, 0.15) is 34.7 Å². The maximum atomic E-state index is 14.7. The number of hydrogen-bond acceptors (Lipinski definition) is 4. The fourth-order valence-corrected chi connectivity index (χ4v) is 5.48. The molecular formula is C26H30FN5OS. The minimum atomic E-state index is -0.235. The van der Waals surface area contributed by atoms with Crippen molar-refractivity contribution in [1.82, 2.24) is 24.7 Å². The highest BCUT2D eigenvalue weighted by Gasteiger charge is 2.41. The average molecular weight is 480 g/mol. The van der Waals surface area contributed by atoms with Crippen LogP contribution in [0.2, 0.25) is 0 Å². The first-order valence-corrected chi connectivity index (χ1v) is 12.2. The van der Waals surface area contributed by atoms with Crippen molar-refractivity contribution >= 4 is 17.3 Å². The summed E-state index contributed by atoms with van der Waals surface area (Å²) in [4.78, 5) is 9.34. The first-order valence-electron chi connectivity index (χ1n) is 11.8. The lowest BCUT2D eigenvalue weighted by Crippen LogP contribution is -2.42. The van der Waals surface area contributed by atoms with Crippen LogP contribution in [0.5, 0.6) is 0 Å². The summed E-state index contributed by atoms with van der Waals surface area (Å²) >= 11 is 5.84. The van der Waals surface area contributed by atoms with Crippen LogP contribution in [-0.2, 0) is 4.74 Å². The molecule has 1 N–H and O–H groups in total. The van der Waals surface area contributed by atoms with Gasteiger partial charge in [-0.3, -0.25) is 9.88 Å². The van der Waals surface area contributed by atoms with E-state index < -0.39 is 0 Å². The number of rotatable bonds is 6. The Bertz CT molecular complexity index is 1160. The SMILES string of the molecule is Cc1cc([C@H]2[C@H](c3ccccn3)NC(=S)N2CCN2CCOCC2)c(C)n1-c1ccccc1F. The van der Waals surface area contributed by atoms with Gasteiger partial charge in [-0.1, -0.05) is 18.2 Å². The summed E-state index contributed by atoms with van der Waals surface area (Å²) in [5, 5.41) is 4.26. The number of morpholine rings is 1. The average Bonchev–Trinajstić information content (AvgIpc) is 3.34. The van der Waals surface area contributed by atoms with Gasteiger partial charge in [-0.2, -0.15) is 0 Å². The number of halogens is 1. The van der Waals surface area contributed by atoms with Gasteiger partial charge < -0.3 is 19.5 Å². The van der Waals surface area contributed by atoms with Gasteiger partial charge >= 0.3 is 0 Å². The minimum Gasteiger partial charge on any atom is -0.379 e. The lowest BCUT2D eigenvalue weighted by molar-refractivity contribution is 0.0350. The standard InChI is InChI=1S/C26H30FN5OS/c1-18-17-20(19(2)32(18)23-9-4-3-7-21(23)27)25-24(22-8-5-6-10-28-22)29-26(34)31(25)12-11-30-13-15-33-16-14-30/h3-10,17,24-25H,11-16H2,1-2H3,(H,29,34)/t24-,25-/m0/s1. The van der Waals surface area contributed by atoms with Gasteiger partial charge in [0.1, 0.15) is 5.82 Å². The number of pyridine rings is 1. The number of aryl methyl sites for hydroxylation is 1. The number of hydrogen-bond donors (Lipinski definition) is 1. The first-order chi connectivity index (χ1) is 16.5. The summed E-state index contributed by atoms with van der Waals surface area (Å²) in [7, 11) is 0. The Morgan fingerprint density at radius 3 is 2.59 bits per heavy atom. The van der Waals surface area contributed by atoms with Crippen molar-refractivity contribution in [2.24, 2.45) is 0 Å². The second-order valence-corrected chi connectivity index (χ2v) is 9.27. The van der Waals surface area contributed by atoms with E-state index in [0.29, 0.717) is 5.69 Å². The van der Waals surface area contributed by atoms with E-state index in [1.807, 2.05) is 48.0 Å². The zero-order valence-corrected chi connectivity index (χ0v) is 20.4. The van der Waals surface area contributed by atoms with Crippen LogP contribution in [0.3, 0.4) is 0 Å². The van der Waals surface area contributed by atoms with Crippen molar-refractivity contribution in [3.63, 3.8) is 0 Å². The van der Waals surface area contributed by atoms with Gasteiger partial charge in [-0.15, -0.1) is 0 Å². The highest BCUT2D eigenvalue weighted by atomic mass is 32.1. The van der Waals surface area contributed by atoms with Crippen LogP contribution in [0, 0.1) is 19.7 Å². The van der Waals surface area contributed by atoms with Crippen LogP contribution in [0.4, 0.5) is 4.39 Å². The Morgan fingerprint density at radius 2 is 1.85 bits per heavy atom. The highest BCUT2D eigenvalue weighted by molar-refractivity contribution is 7.80. The van der Waals surface area contributed by atoms with E-state index in [0.717, 1.165) is 67.2 Å². The summed E-state index contributed by atoms with van der Waals surface area (Å²) in [6.07, 6.45) is 1.82. The molecule has 2 aliphatic heterocycles. The highest BCUT2D eigenvalue weighted by Crippen LogP contribution is 2.41. The molecule has 2 aliphatic rings. The van der Waals surface area contributed by atoms with Crippen LogP contribution in [0.15, 0.2) is 54.7 Å². The second-order valence-electron chi connectivity index (χ2n) is 8.89. The van der Waals surface area contributed by atoms with Crippen LogP contribution in [-0.4, -0.2) is 63.9 Å². The van der Waals surface area contributed by atoms with Gasteiger partial charge in [0.05, 0.1) is 36.7 Å². The van der Waals surface area contributed by atoms with Crippen molar-refractivity contribution in [3.05, 3.63) is 83.2 Å². The summed E-state index contributed by atoms with van der Waals surface area (Å²) in [5.74, 6) is -0.235. The van der Waals surface area contributed by atoms with E-state index in [-0.39, 0.29) is 17.9 Å². The lowest BCUT2D eigenvalue weighted by Gasteiger charge is -2.32. The van der Waals surface area contributed by atoms with Crippen molar-refractivity contribution in [3.8, 4) is 5.69 Å². The summed E-state index contributed by atoms with van der Waals surface area (Å²) < 4.78 is 22.2. The summed E-state index contributed by atoms with van der Waals surface area (Å²) in [6, 6.07) is 14.9. The van der Waals surface area contributed by atoms with E-state index in [2.05, 4.69) is 33.1 Å². The third-order valence-corrected chi connectivity index (χ3v) is 7.19. The number of aromatic nitrogens is 2. The normalized spacial score (nSPS) is 21.1. The largest absolute Gasteiger partial charge is 0.379 e. The Labute approximate surface area is 205 Å². The number of nitrogens with zero attached hydrogens (tertiary/aromatic N) is 4. The van der Waals surface area contributed by atoms with Crippen LogP contribution >= 0.6 is 12.2 Å². The predicted molar refractivity (Wildman–Crippen MR) is 135 cm³/mol. The fraction of sp³-hybridized carbons (Fsp3) is 0.385. The molecule has 4 heterocycles. The van der Waals surface area contributed by atoms with E-state index >= 15 is 0 Å². The number of thiocarbonyl (C=S) groups is 1. The molecule has 0 saturated carbocycles. The molecule has 8 heteroatoms. The van der Waals surface area contributed by atoms with E-state index in [1.165, 1.54) is 6.07 Å². The van der Waals surface area contributed by atoms with Crippen LogP contribution in [0.25, 0.3) is 5.69 Å². The van der Waals surface area contributed by atoms with Gasteiger partial charge in [-0.25, -0.2) is 4.39 Å². The third kappa shape index (κ3) is 4.33. The molecule has 2 fully saturated rings. The topological polar surface area (TPSA) is 45.6 Å². The Hall–Kier alpha value is -2.81. The van der Waals surface area contributed by atoms with Crippen molar-refractivity contribution in [1.29, 1.82) is 0 Å². The zero-order valence-electron chi connectivity index (χ0n) is 19.6. The molecule has 5 rings (SSSR count). The molecule has 0 unspecified atom stereocenters. The van der Waals surface area contributed by atoms with Crippen LogP contribution < -0.4 is 5.32 Å². The summed E-state index contributed by atoms with van der Waals surface area (Å²) in [5.41, 5.74) is 4.64. The molecule has 2 saturated heterocycles. The second kappa shape index (κ2) is 9.82. The number of benzene rings is 1. The Kier molecular flexibility index (Phi) is 6.63. The van der Waals surface area contributed by atoms with E-state index in [4.69, 9.17) is 17.0 Å². The molecule has 3 aromatic rings. The molecule has 178 valence electrons. The fourth-order valence-electron chi connectivity index (χ4n) is 5.15. The van der Waals surface area contributed by atoms with Gasteiger partial charge in [0.2, 0.25) is 0 Å². The van der Waals surface area contributed by atoms with Gasteiger partial charge in [0.25, 0.3) is 0 Å². The van der Waals surface area contributed by atoms with E-state index in [1.54, 1.807) is 6.07 Å². The molecule has 34 heavy (non-hydrogen) atoms. The van der Waals surface area contributed by atoms with E-state index in [9.17, 15) is 4.39 Å². The zero-order chi connectivity index (χ0) is 23.7. The molecule has 0 bridgehead atoms. The molecule has 0 aliphatic carbocycles. The molecule has 2 aromatic heterocycles. The monoisotopic (exact) mass is 479 g/mol. The molecule has 0 radical (unpaired) electrons. The maximum absolute atomic E-state index is 14.7. The maximum Gasteiger partial charge on any atom is 0.170 e. The molecular weight excluding hydrogens is 449 g/mol. The molecule has 2 atom stereocenters. The quantitative estimate of drug-likeness (QED) is 0.541. The minimum absolute atomic E-state index is 0.0461. The van der Waals surface area contributed by atoms with Gasteiger partial charge in [0, 0.05) is 43.8 Å². The smallest absolute Gasteiger partial charge is 0.170 e. The molecule has 0 amide bonds. The lowest BCUT2D eigenvalue weighted by atomic mass is 9.96. The number of ether oxygens (including phenoxy) is 1. The van der Waals surface area contributed by atoms with Crippen molar-refractivity contribution < 1.29 is 9.13 Å². The first kappa shape index (κ1) is 23.0. The summed E-state index contributed by atoms with van der Waals surface area (Å²) in [6.45, 7) is 9.20. The van der Waals surface area contributed by atoms with Crippen molar-refractivity contribution in [2.45, 2.75) is 25.9 Å². The van der Waals surface area contributed by atoms with Gasteiger partial charge in [-0.05, 0) is 62.0 Å². The third-order valence-electron chi connectivity index (χ3n) is 6.84. The molecule has 1 aromatic carbocycles. The predicted octanol–water partition coefficient (Wildman–Crippen LogP) is 3.93. The Balaban J connectivity index is 1.53. The van der Waals surface area contributed by atoms with Crippen molar-refractivity contribution in [2.75, 3.05) is 39.4 Å².